The summed E-state index contributed by atoms with van der Waals surface area (Å²) in [6.07, 6.45) is 11.6. The summed E-state index contributed by atoms with van der Waals surface area (Å²) in [6, 6.07) is -1.87. The number of Topliss-reactive ketones (excluding diaryl/α,β-unsaturated/α-hetero) is 1. The number of aliphatic carboxylic acids is 1. The standard InChI is InChI=1S/C31H47N3O6/c1-6-7-26(29(38)39)33-28(37)18(2)32-27(36)17-40-34-21-12-14-30(4)20(16-21)8-9-22-24-11-10-23(19(3)35)31(24,5)15-13-25(22)30/h16,18,22-26H,6-15,17H2,1-5H3,(H,32,36)(H,33,37)(H,38,39)/b34-21-/t18-,22-,23+,24-,25-,26-,30-,31+/m0/s1. The number of allylic oxidation sites excluding steroid dienone is 2. The first-order valence-electron chi connectivity index (χ1n) is 15.1. The number of carbonyl (C=O) groups is 4. The maximum Gasteiger partial charge on any atom is 0.326 e. The molecule has 0 heterocycles. The van der Waals surface area contributed by atoms with Gasteiger partial charge in [-0.25, -0.2) is 4.79 Å². The van der Waals surface area contributed by atoms with Gasteiger partial charge in [-0.2, -0.15) is 0 Å². The summed E-state index contributed by atoms with van der Waals surface area (Å²) in [7, 11) is 0. The predicted octanol–water partition coefficient (Wildman–Crippen LogP) is 4.40. The van der Waals surface area contributed by atoms with Gasteiger partial charge < -0.3 is 20.6 Å². The average molecular weight is 558 g/mol. The van der Waals surface area contributed by atoms with Crippen molar-refractivity contribution in [3.05, 3.63) is 11.6 Å². The number of carbonyl (C=O) groups excluding carboxylic acids is 3. The molecule has 0 aromatic heterocycles. The van der Waals surface area contributed by atoms with E-state index in [1.807, 2.05) is 6.92 Å². The second kappa shape index (κ2) is 12.0. The molecule has 0 radical (unpaired) electrons. The molecular formula is C31H47N3O6. The summed E-state index contributed by atoms with van der Waals surface area (Å²) in [6.45, 7) is 9.61. The third kappa shape index (κ3) is 5.84. The van der Waals surface area contributed by atoms with E-state index >= 15 is 0 Å². The minimum atomic E-state index is -1.10. The summed E-state index contributed by atoms with van der Waals surface area (Å²) in [5.41, 5.74) is 2.57. The van der Waals surface area contributed by atoms with Crippen LogP contribution in [0.1, 0.15) is 98.8 Å². The van der Waals surface area contributed by atoms with Gasteiger partial charge in [-0.1, -0.05) is 37.9 Å². The maximum absolute atomic E-state index is 12.4. The molecule has 8 atom stereocenters. The van der Waals surface area contributed by atoms with Gasteiger partial charge in [0.1, 0.15) is 17.9 Å². The Morgan fingerprint density at radius 1 is 1.07 bits per heavy atom. The van der Waals surface area contributed by atoms with Gasteiger partial charge in [0.05, 0.1) is 5.71 Å². The largest absolute Gasteiger partial charge is 0.480 e. The molecule has 4 aliphatic rings. The summed E-state index contributed by atoms with van der Waals surface area (Å²) in [4.78, 5) is 53.7. The highest BCUT2D eigenvalue weighted by atomic mass is 16.6. The first-order valence-corrected chi connectivity index (χ1v) is 15.1. The fraction of sp³-hybridized carbons (Fsp3) is 0.774. The molecule has 0 saturated heterocycles. The molecule has 4 rings (SSSR count). The van der Waals surface area contributed by atoms with Crippen molar-refractivity contribution in [2.24, 2.45) is 39.7 Å². The van der Waals surface area contributed by atoms with Crippen LogP contribution in [0, 0.1) is 34.5 Å². The van der Waals surface area contributed by atoms with Crippen LogP contribution in [0.3, 0.4) is 0 Å². The zero-order valence-corrected chi connectivity index (χ0v) is 24.8. The second-order valence-electron chi connectivity index (χ2n) is 13.1. The normalized spacial score (nSPS) is 35.3. The number of carboxylic acid groups (broad SMARTS) is 1. The van der Waals surface area contributed by atoms with Crippen LogP contribution in [0.2, 0.25) is 0 Å². The highest BCUT2D eigenvalue weighted by molar-refractivity contribution is 5.96. The van der Waals surface area contributed by atoms with Crippen molar-refractivity contribution in [2.45, 2.75) is 111 Å². The number of rotatable bonds is 10. The minimum Gasteiger partial charge on any atom is -0.480 e. The van der Waals surface area contributed by atoms with E-state index in [9.17, 15) is 24.3 Å². The van der Waals surface area contributed by atoms with Crippen molar-refractivity contribution in [3.63, 3.8) is 0 Å². The maximum atomic E-state index is 12.4. The van der Waals surface area contributed by atoms with Crippen molar-refractivity contribution < 1.29 is 29.1 Å². The van der Waals surface area contributed by atoms with E-state index in [1.54, 1.807) is 6.92 Å². The fourth-order valence-corrected chi connectivity index (χ4v) is 8.68. The SMILES string of the molecule is CCC[C@H](NC(=O)[C@H](C)NC(=O)CO/N=C1\C=C2CC[C@H]3[C@@H]4CC[C@H](C(C)=O)[C@@]4(C)CC[C@@H]3[C@@]2(C)CC1)C(=O)O. The van der Waals surface area contributed by atoms with Gasteiger partial charge in [0.2, 0.25) is 5.91 Å². The predicted molar refractivity (Wildman–Crippen MR) is 151 cm³/mol. The van der Waals surface area contributed by atoms with Crippen LogP contribution in [0.5, 0.6) is 0 Å². The molecular weight excluding hydrogens is 510 g/mol. The lowest BCUT2D eigenvalue weighted by molar-refractivity contribution is -0.142. The van der Waals surface area contributed by atoms with Crippen LogP contribution < -0.4 is 10.6 Å². The minimum absolute atomic E-state index is 0.142. The van der Waals surface area contributed by atoms with Gasteiger partial charge in [0, 0.05) is 5.92 Å². The Balaban J connectivity index is 1.31. The third-order valence-corrected chi connectivity index (χ3v) is 10.8. The molecule has 3 fully saturated rings. The molecule has 222 valence electrons. The van der Waals surface area contributed by atoms with Crippen LogP contribution >= 0.6 is 0 Å². The van der Waals surface area contributed by atoms with Gasteiger partial charge in [0.15, 0.2) is 6.61 Å². The Morgan fingerprint density at radius 3 is 2.50 bits per heavy atom. The number of hydrogen-bond donors (Lipinski definition) is 3. The zero-order valence-electron chi connectivity index (χ0n) is 24.8. The molecule has 3 N–H and O–H groups in total. The smallest absolute Gasteiger partial charge is 0.326 e. The van der Waals surface area contributed by atoms with E-state index in [2.05, 4.69) is 35.7 Å². The number of nitrogens with zero attached hydrogens (tertiary/aromatic N) is 1. The molecule has 3 saturated carbocycles. The number of fused-ring (bicyclic) bond motifs is 5. The van der Waals surface area contributed by atoms with Gasteiger partial charge in [0.25, 0.3) is 5.91 Å². The van der Waals surface area contributed by atoms with Crippen molar-refractivity contribution in [3.8, 4) is 0 Å². The molecule has 4 aliphatic carbocycles. The summed E-state index contributed by atoms with van der Waals surface area (Å²) in [5.74, 6) is 0.407. The number of ketones is 1. The van der Waals surface area contributed by atoms with Crippen LogP contribution in [0.4, 0.5) is 0 Å². The molecule has 40 heavy (non-hydrogen) atoms. The molecule has 9 nitrogen and oxygen atoms in total. The Labute approximate surface area is 237 Å². The Kier molecular flexibility index (Phi) is 9.10. The van der Waals surface area contributed by atoms with E-state index < -0.39 is 29.9 Å². The first-order chi connectivity index (χ1) is 18.9. The van der Waals surface area contributed by atoms with E-state index in [0.717, 1.165) is 44.2 Å². The highest BCUT2D eigenvalue weighted by Crippen LogP contribution is 2.66. The second-order valence-corrected chi connectivity index (χ2v) is 13.1. The molecule has 0 unspecified atom stereocenters. The van der Waals surface area contributed by atoms with Gasteiger partial charge in [-0.3, -0.25) is 14.4 Å². The number of carboxylic acids is 1. The Bertz CT molecular complexity index is 1080. The van der Waals surface area contributed by atoms with Crippen LogP contribution in [-0.4, -0.2) is 53.1 Å². The van der Waals surface area contributed by atoms with Crippen molar-refractivity contribution in [2.75, 3.05) is 6.61 Å². The molecule has 0 aromatic rings. The van der Waals surface area contributed by atoms with Gasteiger partial charge >= 0.3 is 5.97 Å². The van der Waals surface area contributed by atoms with E-state index in [0.29, 0.717) is 36.4 Å². The molecule has 0 spiro atoms. The topological polar surface area (TPSA) is 134 Å². The lowest BCUT2D eigenvalue weighted by Gasteiger charge is -2.58. The van der Waals surface area contributed by atoms with E-state index in [4.69, 9.17) is 4.84 Å². The number of nitrogens with one attached hydrogen (secondary N) is 2. The molecule has 0 bridgehead atoms. The lowest BCUT2D eigenvalue weighted by Crippen LogP contribution is -2.51. The van der Waals surface area contributed by atoms with Gasteiger partial charge in [-0.05, 0) is 106 Å². The Morgan fingerprint density at radius 2 is 1.82 bits per heavy atom. The quantitative estimate of drug-likeness (QED) is 0.341. The van der Waals surface area contributed by atoms with E-state index in [-0.39, 0.29) is 23.4 Å². The highest BCUT2D eigenvalue weighted by Gasteiger charge is 2.59. The zero-order chi connectivity index (χ0) is 29.2. The average Bonchev–Trinajstić information content (AvgIpc) is 3.26. The molecule has 0 aliphatic heterocycles. The molecule has 0 aromatic carbocycles. The van der Waals surface area contributed by atoms with Crippen LogP contribution in [-0.2, 0) is 24.0 Å². The first kappa shape index (κ1) is 30.3. The summed E-state index contributed by atoms with van der Waals surface area (Å²) >= 11 is 0. The van der Waals surface area contributed by atoms with Crippen molar-refractivity contribution >= 4 is 29.3 Å². The number of amides is 2. The number of oxime groups is 1. The van der Waals surface area contributed by atoms with Crippen molar-refractivity contribution in [1.82, 2.24) is 10.6 Å². The number of hydrogen-bond acceptors (Lipinski definition) is 6. The van der Waals surface area contributed by atoms with Crippen molar-refractivity contribution in [1.29, 1.82) is 0 Å². The van der Waals surface area contributed by atoms with Gasteiger partial charge in [-0.15, -0.1) is 0 Å². The van der Waals surface area contributed by atoms with E-state index in [1.165, 1.54) is 25.3 Å². The summed E-state index contributed by atoms with van der Waals surface area (Å²) < 4.78 is 0. The molecule has 9 heteroatoms. The third-order valence-electron chi connectivity index (χ3n) is 10.8. The van der Waals surface area contributed by atoms with Crippen LogP contribution in [0.15, 0.2) is 16.8 Å². The Hall–Kier alpha value is -2.71. The lowest BCUT2D eigenvalue weighted by atomic mass is 9.46. The monoisotopic (exact) mass is 557 g/mol. The molecule has 2 amide bonds. The van der Waals surface area contributed by atoms with Crippen LogP contribution in [0.25, 0.3) is 0 Å². The summed E-state index contributed by atoms with van der Waals surface area (Å²) in [5, 5.41) is 18.5. The fourth-order valence-electron chi connectivity index (χ4n) is 8.68.